The first-order valence-corrected chi connectivity index (χ1v) is 16.9. The molecule has 0 aliphatic rings. The van der Waals surface area contributed by atoms with Gasteiger partial charge in [-0.05, 0) is 25.7 Å². The molecular weight excluding hydrogens is 458 g/mol. The number of nitrogens with zero attached hydrogens (tertiary/aromatic N) is 1. The summed E-state index contributed by atoms with van der Waals surface area (Å²) in [5, 5.41) is 9.80. The Morgan fingerprint density at radius 3 is 1.11 bits per heavy atom. The number of aliphatic hydroxyl groups is 1. The van der Waals surface area contributed by atoms with Gasteiger partial charge >= 0.3 is 0 Å². The Labute approximate surface area is 219 Å². The van der Waals surface area contributed by atoms with E-state index in [2.05, 4.69) is 13.8 Å². The second kappa shape index (κ2) is 24.2. The van der Waals surface area contributed by atoms with Gasteiger partial charge in [0.25, 0.3) is 10.1 Å². The number of aliphatic hydroxyl groups excluding tert-OH is 1. The van der Waals surface area contributed by atoms with Gasteiger partial charge in [-0.25, -0.2) is 0 Å². The third kappa shape index (κ3) is 23.9. The van der Waals surface area contributed by atoms with Crippen LogP contribution in [0.5, 0.6) is 0 Å². The molecule has 212 valence electrons. The van der Waals surface area contributed by atoms with Gasteiger partial charge in [-0.3, -0.25) is 4.55 Å². The highest BCUT2D eigenvalue weighted by molar-refractivity contribution is 7.85. The van der Waals surface area contributed by atoms with Gasteiger partial charge in [0.05, 0.1) is 32.0 Å². The largest absolute Gasteiger partial charge is 0.391 e. The predicted molar refractivity (Wildman–Crippen MR) is 152 cm³/mol. The van der Waals surface area contributed by atoms with Crippen molar-refractivity contribution in [2.75, 3.05) is 38.5 Å². The summed E-state index contributed by atoms with van der Waals surface area (Å²) in [6.07, 6.45) is 26.6. The lowest BCUT2D eigenvalue weighted by atomic mass is 10.0. The van der Waals surface area contributed by atoms with E-state index in [1.54, 1.807) is 0 Å². The average molecular weight is 521 g/mol. The zero-order chi connectivity index (χ0) is 26.1. The first-order valence-electron chi connectivity index (χ1n) is 15.3. The van der Waals surface area contributed by atoms with Crippen LogP contribution in [0.1, 0.15) is 149 Å². The SMILES string of the molecule is CCCCCCCCCCCC[N+](CCO)(CCCCCCCCCCCC)CCCS(=O)(=O)O. The van der Waals surface area contributed by atoms with E-state index in [1.165, 1.54) is 116 Å². The molecular formula is C29H62NO4S+. The summed E-state index contributed by atoms with van der Waals surface area (Å²) in [5.74, 6) is -0.172. The van der Waals surface area contributed by atoms with Gasteiger partial charge in [0.15, 0.2) is 0 Å². The van der Waals surface area contributed by atoms with E-state index < -0.39 is 10.1 Å². The highest BCUT2D eigenvalue weighted by Crippen LogP contribution is 2.18. The van der Waals surface area contributed by atoms with Crippen molar-refractivity contribution in [3.63, 3.8) is 0 Å². The Morgan fingerprint density at radius 1 is 0.486 bits per heavy atom. The summed E-state index contributed by atoms with van der Waals surface area (Å²) in [6.45, 7) is 8.11. The second-order valence-corrected chi connectivity index (χ2v) is 12.5. The fourth-order valence-electron chi connectivity index (χ4n) is 5.33. The number of hydrogen-bond donors (Lipinski definition) is 2. The summed E-state index contributed by atoms with van der Waals surface area (Å²) in [6, 6.07) is 0. The molecule has 0 bridgehead atoms. The molecule has 0 unspecified atom stereocenters. The summed E-state index contributed by atoms with van der Waals surface area (Å²) in [5.41, 5.74) is 0. The standard InChI is InChI=1S/C29H61NO4S/c1-3-5-7-9-11-13-15-17-19-21-24-30(27-28-31,26-23-29-35(32,33)34)25-22-20-18-16-14-12-10-8-6-4-2/h31H,3-29H2,1-2H3/p+1. The van der Waals surface area contributed by atoms with E-state index in [0.717, 1.165) is 37.0 Å². The molecule has 2 N–H and O–H groups in total. The van der Waals surface area contributed by atoms with Crippen molar-refractivity contribution in [1.29, 1.82) is 0 Å². The Hall–Kier alpha value is -0.170. The zero-order valence-electron chi connectivity index (χ0n) is 23.7. The number of quaternary nitrogens is 1. The maximum Gasteiger partial charge on any atom is 0.265 e. The van der Waals surface area contributed by atoms with Gasteiger partial charge in [-0.1, -0.05) is 117 Å². The minimum atomic E-state index is -3.92. The molecule has 0 amide bonds. The van der Waals surface area contributed by atoms with Crippen molar-refractivity contribution in [2.24, 2.45) is 0 Å². The van der Waals surface area contributed by atoms with Gasteiger partial charge in [-0.15, -0.1) is 0 Å². The summed E-state index contributed by atoms with van der Waals surface area (Å²) in [4.78, 5) is 0. The van der Waals surface area contributed by atoms with Crippen LogP contribution >= 0.6 is 0 Å². The van der Waals surface area contributed by atoms with Crippen LogP contribution in [-0.2, 0) is 10.1 Å². The van der Waals surface area contributed by atoms with Crippen molar-refractivity contribution in [2.45, 2.75) is 149 Å². The molecule has 6 heteroatoms. The highest BCUT2D eigenvalue weighted by Gasteiger charge is 2.26. The first-order chi connectivity index (χ1) is 16.9. The van der Waals surface area contributed by atoms with Crippen molar-refractivity contribution in [1.82, 2.24) is 0 Å². The number of hydrogen-bond acceptors (Lipinski definition) is 3. The summed E-state index contributed by atoms with van der Waals surface area (Å²) >= 11 is 0. The van der Waals surface area contributed by atoms with Crippen LogP contribution in [0.2, 0.25) is 0 Å². The monoisotopic (exact) mass is 520 g/mol. The predicted octanol–water partition coefficient (Wildman–Crippen LogP) is 7.92. The Bertz CT molecular complexity index is 515. The summed E-state index contributed by atoms with van der Waals surface area (Å²) in [7, 11) is -3.92. The van der Waals surface area contributed by atoms with Crippen LogP contribution in [-0.4, -0.2) is 61.1 Å². The van der Waals surface area contributed by atoms with Gasteiger partial charge < -0.3 is 9.59 Å². The van der Waals surface area contributed by atoms with Crippen LogP contribution in [0.15, 0.2) is 0 Å². The third-order valence-electron chi connectivity index (χ3n) is 7.58. The molecule has 35 heavy (non-hydrogen) atoms. The smallest absolute Gasteiger partial charge is 0.265 e. The lowest BCUT2D eigenvalue weighted by molar-refractivity contribution is -0.928. The van der Waals surface area contributed by atoms with Crippen LogP contribution in [0.25, 0.3) is 0 Å². The molecule has 0 aromatic carbocycles. The Morgan fingerprint density at radius 2 is 0.800 bits per heavy atom. The normalized spacial score (nSPS) is 12.5. The van der Waals surface area contributed by atoms with Crippen molar-refractivity contribution >= 4 is 10.1 Å². The van der Waals surface area contributed by atoms with Gasteiger partial charge in [0.2, 0.25) is 0 Å². The maximum atomic E-state index is 11.3. The number of unbranched alkanes of at least 4 members (excludes halogenated alkanes) is 18. The van der Waals surface area contributed by atoms with E-state index in [-0.39, 0.29) is 12.4 Å². The molecule has 0 aromatic heterocycles. The van der Waals surface area contributed by atoms with E-state index in [1.807, 2.05) is 0 Å². The molecule has 0 atom stereocenters. The quantitative estimate of drug-likeness (QED) is 0.0624. The second-order valence-electron chi connectivity index (χ2n) is 11.0. The Kier molecular flexibility index (Phi) is 24.1. The Balaban J connectivity index is 4.36. The van der Waals surface area contributed by atoms with Crippen molar-refractivity contribution < 1.29 is 22.6 Å². The van der Waals surface area contributed by atoms with Crippen molar-refractivity contribution in [3.8, 4) is 0 Å². The van der Waals surface area contributed by atoms with Crippen LogP contribution in [0, 0.1) is 0 Å². The molecule has 0 heterocycles. The maximum absolute atomic E-state index is 11.3. The van der Waals surface area contributed by atoms with Crippen LogP contribution in [0.4, 0.5) is 0 Å². The van der Waals surface area contributed by atoms with Crippen LogP contribution < -0.4 is 0 Å². The molecule has 0 spiro atoms. The highest BCUT2D eigenvalue weighted by atomic mass is 32.2. The van der Waals surface area contributed by atoms with Gasteiger partial charge in [0, 0.05) is 6.42 Å². The minimum Gasteiger partial charge on any atom is -0.391 e. The molecule has 0 saturated heterocycles. The fourth-order valence-corrected chi connectivity index (χ4v) is 5.83. The minimum absolute atomic E-state index is 0.140. The molecule has 5 nitrogen and oxygen atoms in total. The lowest BCUT2D eigenvalue weighted by Crippen LogP contribution is -2.52. The summed E-state index contributed by atoms with van der Waals surface area (Å²) < 4.78 is 32.5. The topological polar surface area (TPSA) is 74.6 Å². The molecule has 0 aromatic rings. The third-order valence-corrected chi connectivity index (χ3v) is 8.39. The molecule has 0 saturated carbocycles. The lowest BCUT2D eigenvalue weighted by Gasteiger charge is -2.39. The molecule has 0 radical (unpaired) electrons. The fraction of sp³-hybridized carbons (Fsp3) is 1.00. The average Bonchev–Trinajstić information content (AvgIpc) is 2.81. The molecule has 0 aliphatic heterocycles. The van der Waals surface area contributed by atoms with Gasteiger partial charge in [0.1, 0.15) is 6.54 Å². The molecule has 0 fully saturated rings. The first kappa shape index (κ1) is 34.8. The molecule has 0 aliphatic carbocycles. The molecule has 0 rings (SSSR count). The van der Waals surface area contributed by atoms with E-state index in [0.29, 0.717) is 13.0 Å². The van der Waals surface area contributed by atoms with Crippen LogP contribution in [0.3, 0.4) is 0 Å². The van der Waals surface area contributed by atoms with E-state index in [4.69, 9.17) is 0 Å². The van der Waals surface area contributed by atoms with E-state index >= 15 is 0 Å². The van der Waals surface area contributed by atoms with Gasteiger partial charge in [-0.2, -0.15) is 8.42 Å². The van der Waals surface area contributed by atoms with Crippen molar-refractivity contribution in [3.05, 3.63) is 0 Å². The zero-order valence-corrected chi connectivity index (χ0v) is 24.5. The van der Waals surface area contributed by atoms with E-state index in [9.17, 15) is 18.1 Å². The number of rotatable bonds is 28.